The van der Waals surface area contributed by atoms with Crippen LogP contribution in [-0.4, -0.2) is 22.3 Å². The number of carboxylic acids is 1. The molecule has 0 fully saturated rings. The zero-order chi connectivity index (χ0) is 12.3. The molecule has 4 nitrogen and oxygen atoms in total. The highest BCUT2D eigenvalue weighted by molar-refractivity contribution is 5.88. The third kappa shape index (κ3) is 2.36. The molecule has 0 aliphatic heterocycles. The summed E-state index contributed by atoms with van der Waals surface area (Å²) < 4.78 is 0. The van der Waals surface area contributed by atoms with Gasteiger partial charge in [-0.25, -0.2) is 9.78 Å². The van der Waals surface area contributed by atoms with Crippen molar-refractivity contribution in [3.05, 3.63) is 53.7 Å². The van der Waals surface area contributed by atoms with Crippen molar-refractivity contribution >= 4 is 12.3 Å². The van der Waals surface area contributed by atoms with Crippen LogP contribution >= 0.6 is 0 Å². The second-order valence-electron chi connectivity index (χ2n) is 3.45. The summed E-state index contributed by atoms with van der Waals surface area (Å²) in [6.07, 6.45) is 0.676. The summed E-state index contributed by atoms with van der Waals surface area (Å²) in [7, 11) is 0. The molecule has 4 heteroatoms. The van der Waals surface area contributed by atoms with Gasteiger partial charge in [0.25, 0.3) is 0 Å². The average molecular weight is 227 g/mol. The number of carbonyl (C=O) groups is 2. The van der Waals surface area contributed by atoms with Crippen molar-refractivity contribution in [3.8, 4) is 11.3 Å². The first-order valence-electron chi connectivity index (χ1n) is 4.96. The number of aromatic nitrogens is 1. The summed E-state index contributed by atoms with van der Waals surface area (Å²) in [5.74, 6) is -0.967. The fourth-order valence-electron chi connectivity index (χ4n) is 1.46. The molecule has 1 N–H and O–H groups in total. The number of carboxylic acid groups (broad SMARTS) is 1. The SMILES string of the molecule is O=Cc1cccc(-c2ccc(C(=O)O)cc2)n1. The first-order valence-corrected chi connectivity index (χ1v) is 4.96. The Labute approximate surface area is 97.6 Å². The number of aldehydes is 1. The summed E-state index contributed by atoms with van der Waals surface area (Å²) in [6.45, 7) is 0. The fourth-order valence-corrected chi connectivity index (χ4v) is 1.46. The maximum atomic E-state index is 10.7. The van der Waals surface area contributed by atoms with Crippen LogP contribution in [0.4, 0.5) is 0 Å². The molecule has 1 heterocycles. The zero-order valence-corrected chi connectivity index (χ0v) is 8.83. The van der Waals surface area contributed by atoms with Gasteiger partial charge in [0.1, 0.15) is 5.69 Å². The molecule has 2 aromatic rings. The van der Waals surface area contributed by atoms with E-state index in [1.165, 1.54) is 12.1 Å². The van der Waals surface area contributed by atoms with Crippen LogP contribution in [0.25, 0.3) is 11.3 Å². The summed E-state index contributed by atoms with van der Waals surface area (Å²) in [6, 6.07) is 11.5. The van der Waals surface area contributed by atoms with Crippen molar-refractivity contribution in [1.29, 1.82) is 0 Å². The summed E-state index contributed by atoms with van der Waals surface area (Å²) in [5.41, 5.74) is 2.00. The summed E-state index contributed by atoms with van der Waals surface area (Å²) >= 11 is 0. The van der Waals surface area contributed by atoms with Crippen LogP contribution in [-0.2, 0) is 0 Å². The van der Waals surface area contributed by atoms with Gasteiger partial charge in [-0.2, -0.15) is 0 Å². The average Bonchev–Trinajstić information content (AvgIpc) is 2.39. The van der Waals surface area contributed by atoms with Gasteiger partial charge in [-0.05, 0) is 24.3 Å². The van der Waals surface area contributed by atoms with E-state index in [9.17, 15) is 9.59 Å². The quantitative estimate of drug-likeness (QED) is 0.816. The van der Waals surface area contributed by atoms with E-state index in [0.29, 0.717) is 17.7 Å². The van der Waals surface area contributed by atoms with Crippen LogP contribution in [0.5, 0.6) is 0 Å². The topological polar surface area (TPSA) is 67.3 Å². The molecule has 0 aliphatic rings. The van der Waals surface area contributed by atoms with Gasteiger partial charge in [-0.15, -0.1) is 0 Å². The Morgan fingerprint density at radius 2 is 1.82 bits per heavy atom. The number of hydrogen-bond donors (Lipinski definition) is 1. The van der Waals surface area contributed by atoms with Gasteiger partial charge >= 0.3 is 5.97 Å². The molecule has 0 radical (unpaired) electrons. The van der Waals surface area contributed by atoms with Crippen LogP contribution in [0.3, 0.4) is 0 Å². The Bertz CT molecular complexity index is 561. The number of benzene rings is 1. The number of pyridine rings is 1. The molecule has 0 saturated carbocycles. The monoisotopic (exact) mass is 227 g/mol. The molecule has 1 aromatic carbocycles. The molecule has 0 atom stereocenters. The minimum atomic E-state index is -0.967. The van der Waals surface area contributed by atoms with E-state index >= 15 is 0 Å². The molecule has 84 valence electrons. The fraction of sp³-hybridized carbons (Fsp3) is 0. The second-order valence-corrected chi connectivity index (χ2v) is 3.45. The predicted molar refractivity (Wildman–Crippen MR) is 62.0 cm³/mol. The molecule has 0 bridgehead atoms. The minimum Gasteiger partial charge on any atom is -0.478 e. The van der Waals surface area contributed by atoms with Crippen molar-refractivity contribution in [2.24, 2.45) is 0 Å². The Morgan fingerprint density at radius 3 is 2.41 bits per heavy atom. The van der Waals surface area contributed by atoms with Crippen molar-refractivity contribution in [3.63, 3.8) is 0 Å². The highest BCUT2D eigenvalue weighted by Crippen LogP contribution is 2.17. The van der Waals surface area contributed by atoms with Crippen LogP contribution in [0.15, 0.2) is 42.5 Å². The molecule has 0 saturated heterocycles. The van der Waals surface area contributed by atoms with Crippen LogP contribution in [0.2, 0.25) is 0 Å². The lowest BCUT2D eigenvalue weighted by Crippen LogP contribution is -1.95. The van der Waals surface area contributed by atoms with Crippen molar-refractivity contribution < 1.29 is 14.7 Å². The molecule has 1 aromatic heterocycles. The van der Waals surface area contributed by atoms with Crippen molar-refractivity contribution in [2.75, 3.05) is 0 Å². The smallest absolute Gasteiger partial charge is 0.335 e. The van der Waals surface area contributed by atoms with E-state index < -0.39 is 5.97 Å². The molecule has 2 rings (SSSR count). The van der Waals surface area contributed by atoms with Gasteiger partial charge < -0.3 is 5.11 Å². The number of hydrogen-bond acceptors (Lipinski definition) is 3. The molecule has 0 amide bonds. The first-order chi connectivity index (χ1) is 8.20. The van der Waals surface area contributed by atoms with E-state index in [2.05, 4.69) is 4.98 Å². The Balaban J connectivity index is 2.39. The Morgan fingerprint density at radius 1 is 1.12 bits per heavy atom. The highest BCUT2D eigenvalue weighted by atomic mass is 16.4. The van der Waals surface area contributed by atoms with E-state index in [1.54, 1.807) is 30.3 Å². The van der Waals surface area contributed by atoms with E-state index in [1.807, 2.05) is 0 Å². The third-order valence-electron chi connectivity index (χ3n) is 2.32. The van der Waals surface area contributed by atoms with Gasteiger partial charge in [-0.3, -0.25) is 4.79 Å². The maximum absolute atomic E-state index is 10.7. The maximum Gasteiger partial charge on any atom is 0.335 e. The molecule has 0 aliphatic carbocycles. The highest BCUT2D eigenvalue weighted by Gasteiger charge is 2.04. The molecule has 0 unspecified atom stereocenters. The second kappa shape index (κ2) is 4.57. The van der Waals surface area contributed by atoms with Crippen LogP contribution < -0.4 is 0 Å². The normalized spacial score (nSPS) is 9.88. The van der Waals surface area contributed by atoms with Gasteiger partial charge in [0.05, 0.1) is 11.3 Å². The first kappa shape index (κ1) is 11.0. The Hall–Kier alpha value is -2.49. The Kier molecular flexibility index (Phi) is 2.96. The number of nitrogens with zero attached hydrogens (tertiary/aromatic N) is 1. The lowest BCUT2D eigenvalue weighted by molar-refractivity contribution is 0.0696. The zero-order valence-electron chi connectivity index (χ0n) is 8.83. The number of rotatable bonds is 3. The number of aromatic carboxylic acids is 1. The van der Waals surface area contributed by atoms with E-state index in [4.69, 9.17) is 5.11 Å². The largest absolute Gasteiger partial charge is 0.478 e. The summed E-state index contributed by atoms with van der Waals surface area (Å²) in [4.78, 5) is 25.4. The van der Waals surface area contributed by atoms with Gasteiger partial charge in [0, 0.05) is 5.56 Å². The van der Waals surface area contributed by atoms with E-state index in [-0.39, 0.29) is 5.56 Å². The van der Waals surface area contributed by atoms with E-state index in [0.717, 1.165) is 5.56 Å². The lowest BCUT2D eigenvalue weighted by atomic mass is 10.1. The van der Waals surface area contributed by atoms with Crippen molar-refractivity contribution in [1.82, 2.24) is 4.98 Å². The summed E-state index contributed by atoms with van der Waals surface area (Å²) in [5, 5.41) is 8.77. The third-order valence-corrected chi connectivity index (χ3v) is 2.32. The molecule has 0 spiro atoms. The minimum absolute atomic E-state index is 0.222. The molecule has 17 heavy (non-hydrogen) atoms. The molecular weight excluding hydrogens is 218 g/mol. The van der Waals surface area contributed by atoms with Gasteiger partial charge in [0.15, 0.2) is 6.29 Å². The van der Waals surface area contributed by atoms with Crippen LogP contribution in [0.1, 0.15) is 20.8 Å². The number of carbonyl (C=O) groups excluding carboxylic acids is 1. The van der Waals surface area contributed by atoms with Gasteiger partial charge in [-0.1, -0.05) is 18.2 Å². The van der Waals surface area contributed by atoms with Crippen LogP contribution in [0, 0.1) is 0 Å². The predicted octanol–water partition coefficient (Wildman–Crippen LogP) is 2.26. The van der Waals surface area contributed by atoms with Gasteiger partial charge in [0.2, 0.25) is 0 Å². The van der Waals surface area contributed by atoms with Crippen molar-refractivity contribution in [2.45, 2.75) is 0 Å². The standard InChI is InChI=1S/C13H9NO3/c15-8-11-2-1-3-12(14-11)9-4-6-10(7-5-9)13(16)17/h1-8H,(H,16,17). The molecular formula is C13H9NO3. The lowest BCUT2D eigenvalue weighted by Gasteiger charge is -2.01.